The number of methoxy groups -OCH3 is 3. The number of aromatic nitrogens is 2. The Labute approximate surface area is 233 Å². The van der Waals surface area contributed by atoms with Gasteiger partial charge in [0.2, 0.25) is 5.75 Å². The molecule has 4 rings (SSSR count). The first-order valence-electron chi connectivity index (χ1n) is 12.9. The van der Waals surface area contributed by atoms with Crippen molar-refractivity contribution in [1.29, 1.82) is 0 Å². The van der Waals surface area contributed by atoms with E-state index in [2.05, 4.69) is 16.0 Å². The lowest BCUT2D eigenvalue weighted by molar-refractivity contribution is 0.0952. The van der Waals surface area contributed by atoms with Crippen LogP contribution < -0.4 is 24.3 Å². The van der Waals surface area contributed by atoms with Gasteiger partial charge in [-0.1, -0.05) is 23.7 Å². The van der Waals surface area contributed by atoms with Gasteiger partial charge in [-0.2, -0.15) is 0 Å². The molecule has 0 bridgehead atoms. The number of carbonyl (C=O) groups excluding carboxylic acids is 1. The molecule has 0 fully saturated rings. The second kappa shape index (κ2) is 13.2. The van der Waals surface area contributed by atoms with Crippen LogP contribution in [0.4, 0.5) is 0 Å². The molecular weight excluding hydrogens is 518 g/mol. The predicted octanol–water partition coefficient (Wildman–Crippen LogP) is 5.86. The molecule has 1 amide bonds. The van der Waals surface area contributed by atoms with Gasteiger partial charge in [-0.05, 0) is 67.8 Å². The Morgan fingerprint density at radius 1 is 0.974 bits per heavy atom. The summed E-state index contributed by atoms with van der Waals surface area (Å²) in [7, 11) is 4.58. The number of rotatable bonds is 13. The first-order chi connectivity index (χ1) is 18.9. The Hall–Kier alpha value is -3.91. The Bertz CT molecular complexity index is 1410. The van der Waals surface area contributed by atoms with Crippen molar-refractivity contribution in [1.82, 2.24) is 14.9 Å². The summed E-state index contributed by atoms with van der Waals surface area (Å²) in [4.78, 5) is 17.7. The van der Waals surface area contributed by atoms with Crippen LogP contribution >= 0.6 is 11.6 Å². The van der Waals surface area contributed by atoms with Crippen LogP contribution in [0.3, 0.4) is 0 Å². The summed E-state index contributed by atoms with van der Waals surface area (Å²) in [5.41, 5.74) is 3.49. The molecule has 9 heteroatoms. The Balaban J connectivity index is 1.35. The molecule has 4 aromatic rings. The Kier molecular flexibility index (Phi) is 9.54. The van der Waals surface area contributed by atoms with E-state index in [-0.39, 0.29) is 5.91 Å². The highest BCUT2D eigenvalue weighted by molar-refractivity contribution is 6.31. The van der Waals surface area contributed by atoms with Crippen LogP contribution in [0.15, 0.2) is 54.6 Å². The number of halogens is 1. The molecule has 0 spiro atoms. The van der Waals surface area contributed by atoms with Crippen LogP contribution in [-0.2, 0) is 13.0 Å². The minimum Gasteiger partial charge on any atom is -0.494 e. The zero-order valence-electron chi connectivity index (χ0n) is 22.8. The SMILES string of the molecule is COc1cc(C(=O)NCCCc2nc3ccccc3n2CCCOc2ccc(Cl)c(C)c2)cc(OC)c1OC. The molecule has 39 heavy (non-hydrogen) atoms. The van der Waals surface area contributed by atoms with Crippen molar-refractivity contribution in [2.45, 2.75) is 32.7 Å². The lowest BCUT2D eigenvalue weighted by Crippen LogP contribution is -2.25. The molecule has 0 saturated heterocycles. The van der Waals surface area contributed by atoms with Gasteiger partial charge in [0.15, 0.2) is 11.5 Å². The molecule has 0 atom stereocenters. The number of para-hydroxylation sites is 2. The van der Waals surface area contributed by atoms with Crippen LogP contribution in [0.1, 0.15) is 34.6 Å². The first kappa shape index (κ1) is 28.1. The number of aryl methyl sites for hydroxylation is 3. The number of nitrogens with zero attached hydrogens (tertiary/aromatic N) is 2. The maximum Gasteiger partial charge on any atom is 0.251 e. The lowest BCUT2D eigenvalue weighted by Gasteiger charge is -2.14. The summed E-state index contributed by atoms with van der Waals surface area (Å²) in [6.45, 7) is 3.82. The van der Waals surface area contributed by atoms with E-state index in [0.29, 0.717) is 36.0 Å². The van der Waals surface area contributed by atoms with Gasteiger partial charge < -0.3 is 28.8 Å². The normalized spacial score (nSPS) is 10.9. The minimum absolute atomic E-state index is 0.211. The smallest absolute Gasteiger partial charge is 0.251 e. The molecule has 0 aliphatic heterocycles. The maximum atomic E-state index is 12.8. The van der Waals surface area contributed by atoms with E-state index in [1.54, 1.807) is 12.1 Å². The third kappa shape index (κ3) is 6.75. The van der Waals surface area contributed by atoms with E-state index >= 15 is 0 Å². The number of benzene rings is 3. The van der Waals surface area contributed by atoms with Crippen molar-refractivity contribution in [3.8, 4) is 23.0 Å². The van der Waals surface area contributed by atoms with Crippen molar-refractivity contribution in [2.75, 3.05) is 34.5 Å². The standard InChI is InChI=1S/C30H34ClN3O5/c1-20-17-22(12-13-23(20)31)39-16-8-15-34-25-10-6-5-9-24(25)33-28(34)11-7-14-32-30(35)21-18-26(36-2)29(38-4)27(19-21)37-3/h5-6,9-10,12-13,17-19H,7-8,11,14-16H2,1-4H3,(H,32,35). The lowest BCUT2D eigenvalue weighted by atomic mass is 10.1. The fourth-order valence-electron chi connectivity index (χ4n) is 4.45. The molecule has 3 aromatic carbocycles. The second-order valence-electron chi connectivity index (χ2n) is 9.05. The van der Waals surface area contributed by atoms with Gasteiger partial charge in [0.1, 0.15) is 11.6 Å². The summed E-state index contributed by atoms with van der Waals surface area (Å²) in [5.74, 6) is 2.91. The fourth-order valence-corrected chi connectivity index (χ4v) is 4.57. The zero-order valence-corrected chi connectivity index (χ0v) is 23.5. The first-order valence-corrected chi connectivity index (χ1v) is 13.2. The fraction of sp³-hybridized carbons (Fsp3) is 0.333. The third-order valence-electron chi connectivity index (χ3n) is 6.45. The average Bonchev–Trinajstić information content (AvgIpc) is 3.31. The number of carbonyl (C=O) groups is 1. The van der Waals surface area contributed by atoms with Crippen LogP contribution in [0.5, 0.6) is 23.0 Å². The van der Waals surface area contributed by atoms with Crippen molar-refractivity contribution >= 4 is 28.5 Å². The molecule has 1 aromatic heterocycles. The Morgan fingerprint density at radius 3 is 2.41 bits per heavy atom. The molecule has 0 radical (unpaired) electrons. The van der Waals surface area contributed by atoms with Gasteiger partial charge in [-0.3, -0.25) is 4.79 Å². The van der Waals surface area contributed by atoms with Crippen LogP contribution in [-0.4, -0.2) is 49.9 Å². The number of nitrogens with one attached hydrogen (secondary N) is 1. The molecule has 0 unspecified atom stereocenters. The topological polar surface area (TPSA) is 83.8 Å². The number of hydrogen-bond donors (Lipinski definition) is 1. The monoisotopic (exact) mass is 551 g/mol. The summed E-state index contributed by atoms with van der Waals surface area (Å²) < 4.78 is 24.2. The van der Waals surface area contributed by atoms with E-state index in [9.17, 15) is 4.79 Å². The van der Waals surface area contributed by atoms with E-state index in [1.807, 2.05) is 43.3 Å². The van der Waals surface area contributed by atoms with Crippen molar-refractivity contribution < 1.29 is 23.7 Å². The highest BCUT2D eigenvalue weighted by Gasteiger charge is 2.17. The number of amides is 1. The van der Waals surface area contributed by atoms with Gasteiger partial charge in [-0.15, -0.1) is 0 Å². The molecule has 0 aliphatic rings. The number of imidazole rings is 1. The summed E-state index contributed by atoms with van der Waals surface area (Å²) in [6.07, 6.45) is 2.29. The summed E-state index contributed by atoms with van der Waals surface area (Å²) >= 11 is 6.12. The molecule has 206 valence electrons. The van der Waals surface area contributed by atoms with Gasteiger partial charge in [0.05, 0.1) is 39.0 Å². The highest BCUT2D eigenvalue weighted by atomic mass is 35.5. The predicted molar refractivity (Wildman–Crippen MR) is 153 cm³/mol. The summed E-state index contributed by atoms with van der Waals surface area (Å²) in [6, 6.07) is 17.1. The van der Waals surface area contributed by atoms with Gasteiger partial charge in [-0.25, -0.2) is 4.98 Å². The van der Waals surface area contributed by atoms with Crippen molar-refractivity contribution in [3.63, 3.8) is 0 Å². The molecule has 0 saturated carbocycles. The molecular formula is C30H34ClN3O5. The van der Waals surface area contributed by atoms with Crippen molar-refractivity contribution in [3.05, 3.63) is 76.6 Å². The average molecular weight is 552 g/mol. The molecule has 1 N–H and O–H groups in total. The zero-order chi connectivity index (χ0) is 27.8. The van der Waals surface area contributed by atoms with Crippen LogP contribution in [0.2, 0.25) is 5.02 Å². The van der Waals surface area contributed by atoms with E-state index in [0.717, 1.165) is 59.0 Å². The van der Waals surface area contributed by atoms with Crippen LogP contribution in [0, 0.1) is 6.92 Å². The number of hydrogen-bond acceptors (Lipinski definition) is 6. The number of ether oxygens (including phenoxy) is 4. The van der Waals surface area contributed by atoms with E-state index < -0.39 is 0 Å². The Morgan fingerprint density at radius 2 is 1.72 bits per heavy atom. The highest BCUT2D eigenvalue weighted by Crippen LogP contribution is 2.38. The van der Waals surface area contributed by atoms with Crippen LogP contribution in [0.25, 0.3) is 11.0 Å². The molecule has 0 aliphatic carbocycles. The third-order valence-corrected chi connectivity index (χ3v) is 6.87. The van der Waals surface area contributed by atoms with E-state index in [1.165, 1.54) is 21.3 Å². The second-order valence-corrected chi connectivity index (χ2v) is 9.46. The van der Waals surface area contributed by atoms with Gasteiger partial charge in [0.25, 0.3) is 5.91 Å². The van der Waals surface area contributed by atoms with Gasteiger partial charge in [0, 0.05) is 30.1 Å². The number of fused-ring (bicyclic) bond motifs is 1. The van der Waals surface area contributed by atoms with Gasteiger partial charge >= 0.3 is 0 Å². The molecule has 1 heterocycles. The largest absolute Gasteiger partial charge is 0.494 e. The van der Waals surface area contributed by atoms with Crippen molar-refractivity contribution in [2.24, 2.45) is 0 Å². The van der Waals surface area contributed by atoms with E-state index in [4.69, 9.17) is 35.5 Å². The minimum atomic E-state index is -0.211. The maximum absolute atomic E-state index is 12.8. The molecule has 8 nitrogen and oxygen atoms in total. The quantitative estimate of drug-likeness (QED) is 0.210. The summed E-state index contributed by atoms with van der Waals surface area (Å²) in [5, 5.41) is 3.72.